The largest absolute Gasteiger partial charge is 0.489 e. The molecule has 0 bridgehead atoms. The highest BCUT2D eigenvalue weighted by atomic mass is 79.9. The van der Waals surface area contributed by atoms with Gasteiger partial charge >= 0.3 is 0 Å². The summed E-state index contributed by atoms with van der Waals surface area (Å²) in [7, 11) is 0. The summed E-state index contributed by atoms with van der Waals surface area (Å²) in [6.07, 6.45) is -0.475. The maximum Gasteiger partial charge on any atom is 0.120 e. The Morgan fingerprint density at radius 1 is 1.17 bits per heavy atom. The SMILES string of the molecule is C[C@H](O)c1cccc(OCc2ccccc2Br)c1. The van der Waals surface area contributed by atoms with Gasteiger partial charge < -0.3 is 9.84 Å². The molecule has 0 aromatic heterocycles. The predicted octanol–water partition coefficient (Wildman–Crippen LogP) is 4.08. The molecule has 1 N–H and O–H groups in total. The smallest absolute Gasteiger partial charge is 0.120 e. The molecular weight excluding hydrogens is 292 g/mol. The predicted molar refractivity (Wildman–Crippen MR) is 75.5 cm³/mol. The third-order valence-electron chi connectivity index (χ3n) is 2.69. The van der Waals surface area contributed by atoms with E-state index in [-0.39, 0.29) is 0 Å². The van der Waals surface area contributed by atoms with Gasteiger partial charge in [-0.15, -0.1) is 0 Å². The van der Waals surface area contributed by atoms with E-state index in [2.05, 4.69) is 15.9 Å². The zero-order chi connectivity index (χ0) is 13.0. The Morgan fingerprint density at radius 3 is 2.67 bits per heavy atom. The Bertz CT molecular complexity index is 523. The van der Waals surface area contributed by atoms with Gasteiger partial charge in [-0.25, -0.2) is 0 Å². The van der Waals surface area contributed by atoms with Crippen molar-refractivity contribution in [3.8, 4) is 5.75 Å². The number of aliphatic hydroxyl groups is 1. The highest BCUT2D eigenvalue weighted by Gasteiger charge is 2.03. The number of halogens is 1. The van der Waals surface area contributed by atoms with Gasteiger partial charge in [0.25, 0.3) is 0 Å². The molecule has 3 heteroatoms. The third kappa shape index (κ3) is 3.34. The van der Waals surface area contributed by atoms with Crippen LogP contribution in [0.3, 0.4) is 0 Å². The molecule has 1 atom stereocenters. The summed E-state index contributed by atoms with van der Waals surface area (Å²) < 4.78 is 6.76. The Balaban J connectivity index is 2.07. The average Bonchev–Trinajstić information content (AvgIpc) is 2.38. The van der Waals surface area contributed by atoms with Gasteiger partial charge in [-0.1, -0.05) is 46.3 Å². The molecule has 18 heavy (non-hydrogen) atoms. The standard InChI is InChI=1S/C15H15BrO2/c1-11(17)12-6-4-7-14(9-12)18-10-13-5-2-3-8-15(13)16/h2-9,11,17H,10H2,1H3/t11-/m0/s1. The van der Waals surface area contributed by atoms with Crippen LogP contribution in [0, 0.1) is 0 Å². The monoisotopic (exact) mass is 306 g/mol. The summed E-state index contributed by atoms with van der Waals surface area (Å²) >= 11 is 3.49. The Hall–Kier alpha value is -1.32. The lowest BCUT2D eigenvalue weighted by Crippen LogP contribution is -1.97. The maximum atomic E-state index is 9.51. The number of hydrogen-bond donors (Lipinski definition) is 1. The first-order chi connectivity index (χ1) is 8.66. The summed E-state index contributed by atoms with van der Waals surface area (Å²) in [4.78, 5) is 0. The Kier molecular flexibility index (Phi) is 4.39. The molecule has 94 valence electrons. The highest BCUT2D eigenvalue weighted by Crippen LogP contribution is 2.22. The highest BCUT2D eigenvalue weighted by molar-refractivity contribution is 9.10. The van der Waals surface area contributed by atoms with Crippen LogP contribution in [-0.4, -0.2) is 5.11 Å². The van der Waals surface area contributed by atoms with E-state index in [9.17, 15) is 5.11 Å². The summed E-state index contributed by atoms with van der Waals surface area (Å²) in [6.45, 7) is 2.25. The van der Waals surface area contributed by atoms with Crippen LogP contribution in [-0.2, 0) is 6.61 Å². The van der Waals surface area contributed by atoms with Crippen LogP contribution in [0.25, 0.3) is 0 Å². The van der Waals surface area contributed by atoms with Crippen molar-refractivity contribution in [2.75, 3.05) is 0 Å². The van der Waals surface area contributed by atoms with Crippen molar-refractivity contribution in [3.05, 3.63) is 64.1 Å². The minimum Gasteiger partial charge on any atom is -0.489 e. The lowest BCUT2D eigenvalue weighted by molar-refractivity contribution is 0.198. The van der Waals surface area contributed by atoms with Crippen molar-refractivity contribution in [1.82, 2.24) is 0 Å². The van der Waals surface area contributed by atoms with Crippen LogP contribution in [0.15, 0.2) is 53.0 Å². The van der Waals surface area contributed by atoms with Crippen LogP contribution in [0.4, 0.5) is 0 Å². The van der Waals surface area contributed by atoms with E-state index in [1.54, 1.807) is 6.92 Å². The fraction of sp³-hybridized carbons (Fsp3) is 0.200. The second kappa shape index (κ2) is 6.03. The van der Waals surface area contributed by atoms with Gasteiger partial charge in [0.15, 0.2) is 0 Å². The molecule has 0 aliphatic rings. The van der Waals surface area contributed by atoms with Gasteiger partial charge in [0.05, 0.1) is 6.10 Å². The molecule has 2 aromatic carbocycles. The molecule has 0 heterocycles. The van der Waals surface area contributed by atoms with Crippen LogP contribution in [0.1, 0.15) is 24.2 Å². The zero-order valence-electron chi connectivity index (χ0n) is 10.1. The van der Waals surface area contributed by atoms with Crippen LogP contribution in [0.2, 0.25) is 0 Å². The van der Waals surface area contributed by atoms with E-state index < -0.39 is 6.10 Å². The van der Waals surface area contributed by atoms with E-state index in [0.29, 0.717) is 6.61 Å². The molecule has 0 unspecified atom stereocenters. The summed E-state index contributed by atoms with van der Waals surface area (Å²) in [5.41, 5.74) is 1.96. The molecule has 2 rings (SSSR count). The van der Waals surface area contributed by atoms with Gasteiger partial charge in [0.1, 0.15) is 12.4 Å². The molecule has 2 nitrogen and oxygen atoms in total. The van der Waals surface area contributed by atoms with Crippen molar-refractivity contribution in [2.45, 2.75) is 19.6 Å². The molecule has 0 aliphatic heterocycles. The number of benzene rings is 2. The molecule has 2 aromatic rings. The van der Waals surface area contributed by atoms with Crippen molar-refractivity contribution >= 4 is 15.9 Å². The maximum absolute atomic E-state index is 9.51. The quantitative estimate of drug-likeness (QED) is 0.922. The van der Waals surface area contributed by atoms with Crippen molar-refractivity contribution in [2.24, 2.45) is 0 Å². The minimum absolute atomic E-state index is 0.475. The lowest BCUT2D eigenvalue weighted by Gasteiger charge is -2.10. The van der Waals surface area contributed by atoms with Gasteiger partial charge in [0, 0.05) is 10.0 Å². The minimum atomic E-state index is -0.475. The first kappa shape index (κ1) is 13.1. The lowest BCUT2D eigenvalue weighted by atomic mass is 10.1. The number of hydrogen-bond acceptors (Lipinski definition) is 2. The topological polar surface area (TPSA) is 29.5 Å². The zero-order valence-corrected chi connectivity index (χ0v) is 11.7. The number of rotatable bonds is 4. The summed E-state index contributed by atoms with van der Waals surface area (Å²) in [6, 6.07) is 15.5. The van der Waals surface area contributed by atoms with E-state index in [0.717, 1.165) is 21.3 Å². The normalized spacial score (nSPS) is 12.2. The first-order valence-electron chi connectivity index (χ1n) is 5.81. The number of aliphatic hydroxyl groups excluding tert-OH is 1. The summed E-state index contributed by atoms with van der Waals surface area (Å²) in [5.74, 6) is 0.768. The molecule has 0 fully saturated rings. The van der Waals surface area contributed by atoms with Crippen LogP contribution < -0.4 is 4.74 Å². The Labute approximate surface area is 115 Å². The molecule has 0 radical (unpaired) electrons. The van der Waals surface area contributed by atoms with E-state index >= 15 is 0 Å². The van der Waals surface area contributed by atoms with E-state index in [4.69, 9.17) is 4.74 Å². The summed E-state index contributed by atoms with van der Waals surface area (Å²) in [5, 5.41) is 9.51. The second-order valence-electron chi connectivity index (χ2n) is 4.13. The van der Waals surface area contributed by atoms with Gasteiger partial charge in [-0.05, 0) is 30.7 Å². The van der Waals surface area contributed by atoms with Crippen molar-refractivity contribution in [1.29, 1.82) is 0 Å². The van der Waals surface area contributed by atoms with E-state index in [1.165, 1.54) is 0 Å². The first-order valence-corrected chi connectivity index (χ1v) is 6.60. The third-order valence-corrected chi connectivity index (χ3v) is 3.47. The van der Waals surface area contributed by atoms with Gasteiger partial charge in [-0.2, -0.15) is 0 Å². The fourth-order valence-electron chi connectivity index (χ4n) is 1.64. The fourth-order valence-corrected chi connectivity index (χ4v) is 2.04. The Morgan fingerprint density at radius 2 is 1.94 bits per heavy atom. The second-order valence-corrected chi connectivity index (χ2v) is 4.98. The molecule has 0 saturated carbocycles. The number of ether oxygens (including phenoxy) is 1. The van der Waals surface area contributed by atoms with Gasteiger partial charge in [-0.3, -0.25) is 0 Å². The van der Waals surface area contributed by atoms with Crippen LogP contribution >= 0.6 is 15.9 Å². The average molecular weight is 307 g/mol. The van der Waals surface area contributed by atoms with Crippen molar-refractivity contribution in [3.63, 3.8) is 0 Å². The van der Waals surface area contributed by atoms with Crippen LogP contribution in [0.5, 0.6) is 5.75 Å². The molecule has 0 saturated heterocycles. The molecule has 0 spiro atoms. The molecular formula is C15H15BrO2. The van der Waals surface area contributed by atoms with Crippen molar-refractivity contribution < 1.29 is 9.84 Å². The molecule has 0 amide bonds. The van der Waals surface area contributed by atoms with E-state index in [1.807, 2.05) is 48.5 Å². The molecule has 0 aliphatic carbocycles. The van der Waals surface area contributed by atoms with Gasteiger partial charge in [0.2, 0.25) is 0 Å².